The van der Waals surface area contributed by atoms with Gasteiger partial charge < -0.3 is 10.6 Å². The third-order valence-corrected chi connectivity index (χ3v) is 2.75. The molecule has 2 nitrogen and oxygen atoms in total. The number of nitrogens with one attached hydrogen (secondary N) is 2. The first-order valence-corrected chi connectivity index (χ1v) is 5.64. The third-order valence-electron chi connectivity index (χ3n) is 2.75. The predicted octanol–water partition coefficient (Wildman–Crippen LogP) is 2.17. The van der Waals surface area contributed by atoms with Crippen molar-refractivity contribution in [2.24, 2.45) is 0 Å². The number of hydrogen-bond acceptors (Lipinski definition) is 2. The Labute approximate surface area is 93.1 Å². The maximum Gasteiger partial charge on any atom is 0.0446 e. The van der Waals surface area contributed by atoms with Gasteiger partial charge in [0.2, 0.25) is 0 Å². The van der Waals surface area contributed by atoms with E-state index in [1.165, 1.54) is 16.7 Å². The molecule has 0 aliphatic rings. The van der Waals surface area contributed by atoms with Crippen LogP contribution in [0.15, 0.2) is 18.2 Å². The molecule has 2 heteroatoms. The molecule has 1 unspecified atom stereocenters. The first-order valence-electron chi connectivity index (χ1n) is 5.64. The molecule has 1 atom stereocenters. The van der Waals surface area contributed by atoms with E-state index in [2.05, 4.69) is 49.6 Å². The Morgan fingerprint density at radius 3 is 2.53 bits per heavy atom. The van der Waals surface area contributed by atoms with E-state index in [9.17, 15) is 0 Å². The van der Waals surface area contributed by atoms with Crippen LogP contribution in [-0.2, 0) is 0 Å². The van der Waals surface area contributed by atoms with Crippen molar-refractivity contribution in [3.05, 3.63) is 34.9 Å². The first-order chi connectivity index (χ1) is 7.19. The second kappa shape index (κ2) is 5.89. The van der Waals surface area contributed by atoms with Crippen LogP contribution in [0.4, 0.5) is 0 Å². The molecule has 0 amide bonds. The fourth-order valence-electron chi connectivity index (χ4n) is 1.87. The van der Waals surface area contributed by atoms with Crippen LogP contribution in [0.25, 0.3) is 0 Å². The van der Waals surface area contributed by atoms with Crippen molar-refractivity contribution in [3.8, 4) is 0 Å². The van der Waals surface area contributed by atoms with Crippen LogP contribution in [0, 0.1) is 13.8 Å². The van der Waals surface area contributed by atoms with Crippen LogP contribution in [0.2, 0.25) is 0 Å². The number of benzene rings is 1. The van der Waals surface area contributed by atoms with Crippen molar-refractivity contribution in [3.63, 3.8) is 0 Å². The maximum absolute atomic E-state index is 3.38. The van der Waals surface area contributed by atoms with Crippen molar-refractivity contribution in [2.75, 3.05) is 20.1 Å². The van der Waals surface area contributed by atoms with Gasteiger partial charge in [0, 0.05) is 12.6 Å². The van der Waals surface area contributed by atoms with Crippen LogP contribution < -0.4 is 10.6 Å². The largest absolute Gasteiger partial charge is 0.315 e. The fourth-order valence-corrected chi connectivity index (χ4v) is 1.87. The smallest absolute Gasteiger partial charge is 0.0446 e. The van der Waals surface area contributed by atoms with Crippen molar-refractivity contribution >= 4 is 0 Å². The van der Waals surface area contributed by atoms with E-state index in [0.717, 1.165) is 13.1 Å². The predicted molar refractivity (Wildman–Crippen MR) is 66.3 cm³/mol. The summed E-state index contributed by atoms with van der Waals surface area (Å²) in [6.07, 6.45) is 0. The van der Waals surface area contributed by atoms with Crippen LogP contribution in [0.3, 0.4) is 0 Å². The molecule has 1 aromatic carbocycles. The second-order valence-corrected chi connectivity index (χ2v) is 4.01. The Bertz CT molecular complexity index is 307. The van der Waals surface area contributed by atoms with Gasteiger partial charge in [-0.25, -0.2) is 0 Å². The molecule has 0 aromatic heterocycles. The van der Waals surface area contributed by atoms with E-state index >= 15 is 0 Å². The van der Waals surface area contributed by atoms with Crippen molar-refractivity contribution in [1.82, 2.24) is 10.6 Å². The molecule has 0 aliphatic carbocycles. The van der Waals surface area contributed by atoms with Gasteiger partial charge in [0.1, 0.15) is 0 Å². The molecule has 1 aromatic rings. The van der Waals surface area contributed by atoms with Gasteiger partial charge in [0.25, 0.3) is 0 Å². The number of aryl methyl sites for hydroxylation is 2. The maximum atomic E-state index is 3.38. The average molecular weight is 206 g/mol. The molecule has 2 N–H and O–H groups in total. The number of hydrogen-bond donors (Lipinski definition) is 2. The van der Waals surface area contributed by atoms with E-state index in [-0.39, 0.29) is 0 Å². The molecule has 0 radical (unpaired) electrons. The Balaban J connectivity index is 2.81. The highest BCUT2D eigenvalue weighted by Crippen LogP contribution is 2.18. The third kappa shape index (κ3) is 3.33. The topological polar surface area (TPSA) is 24.1 Å². The first kappa shape index (κ1) is 12.2. The number of rotatable bonds is 5. The van der Waals surface area contributed by atoms with Crippen LogP contribution in [0.5, 0.6) is 0 Å². The Morgan fingerprint density at radius 1 is 1.27 bits per heavy atom. The summed E-state index contributed by atoms with van der Waals surface area (Å²) >= 11 is 0. The van der Waals surface area contributed by atoms with E-state index < -0.39 is 0 Å². The van der Waals surface area contributed by atoms with Gasteiger partial charge in [-0.2, -0.15) is 0 Å². The molecule has 0 bridgehead atoms. The Kier molecular flexibility index (Phi) is 4.79. The molecule has 15 heavy (non-hydrogen) atoms. The van der Waals surface area contributed by atoms with Crippen LogP contribution >= 0.6 is 0 Å². The molecule has 0 saturated heterocycles. The van der Waals surface area contributed by atoms with Gasteiger partial charge in [-0.3, -0.25) is 0 Å². The van der Waals surface area contributed by atoms with Gasteiger partial charge in [-0.05, 0) is 38.6 Å². The van der Waals surface area contributed by atoms with Gasteiger partial charge in [0.05, 0.1) is 0 Å². The highest BCUT2D eigenvalue weighted by molar-refractivity contribution is 5.32. The molecule has 1 rings (SSSR count). The fraction of sp³-hybridized carbons (Fsp3) is 0.538. The van der Waals surface area contributed by atoms with Crippen LogP contribution in [0.1, 0.15) is 29.7 Å². The highest BCUT2D eigenvalue weighted by Gasteiger charge is 2.10. The summed E-state index contributed by atoms with van der Waals surface area (Å²) in [6.45, 7) is 8.45. The van der Waals surface area contributed by atoms with Gasteiger partial charge in [-0.15, -0.1) is 0 Å². The lowest BCUT2D eigenvalue weighted by Gasteiger charge is -2.19. The molecular weight excluding hydrogens is 184 g/mol. The monoisotopic (exact) mass is 206 g/mol. The summed E-state index contributed by atoms with van der Waals surface area (Å²) in [5, 5.41) is 6.73. The summed E-state index contributed by atoms with van der Waals surface area (Å²) < 4.78 is 0. The zero-order valence-corrected chi connectivity index (χ0v) is 10.2. The zero-order valence-electron chi connectivity index (χ0n) is 10.2. The van der Waals surface area contributed by atoms with E-state index in [1.807, 2.05) is 7.05 Å². The average Bonchev–Trinajstić information content (AvgIpc) is 2.21. The summed E-state index contributed by atoms with van der Waals surface area (Å²) in [5.41, 5.74) is 4.09. The van der Waals surface area contributed by atoms with Gasteiger partial charge in [0.15, 0.2) is 0 Å². The Hall–Kier alpha value is -0.860. The minimum Gasteiger partial charge on any atom is -0.315 e. The summed E-state index contributed by atoms with van der Waals surface area (Å²) in [6, 6.07) is 7.05. The highest BCUT2D eigenvalue weighted by atomic mass is 15.0. The van der Waals surface area contributed by atoms with E-state index in [1.54, 1.807) is 0 Å². The van der Waals surface area contributed by atoms with Crippen molar-refractivity contribution in [1.29, 1.82) is 0 Å². The second-order valence-electron chi connectivity index (χ2n) is 4.01. The van der Waals surface area contributed by atoms with Gasteiger partial charge in [-0.1, -0.05) is 30.7 Å². The molecule has 0 saturated carbocycles. The van der Waals surface area contributed by atoms with Gasteiger partial charge >= 0.3 is 0 Å². The standard InChI is InChI=1S/C13H22N2/c1-5-15-9-13(14-4)12-7-6-10(2)8-11(12)3/h6-8,13-15H,5,9H2,1-4H3. The van der Waals surface area contributed by atoms with Crippen molar-refractivity contribution < 1.29 is 0 Å². The zero-order chi connectivity index (χ0) is 11.3. The Morgan fingerprint density at radius 2 is 2.00 bits per heavy atom. The summed E-state index contributed by atoms with van der Waals surface area (Å²) in [7, 11) is 2.02. The van der Waals surface area contributed by atoms with Crippen LogP contribution in [-0.4, -0.2) is 20.1 Å². The van der Waals surface area contributed by atoms with E-state index in [4.69, 9.17) is 0 Å². The molecule has 84 valence electrons. The molecule has 0 fully saturated rings. The van der Waals surface area contributed by atoms with Crippen molar-refractivity contribution in [2.45, 2.75) is 26.8 Å². The summed E-state index contributed by atoms with van der Waals surface area (Å²) in [5.74, 6) is 0. The minimum absolute atomic E-state index is 0.408. The van der Waals surface area contributed by atoms with E-state index in [0.29, 0.717) is 6.04 Å². The molecular formula is C13H22N2. The normalized spacial score (nSPS) is 12.8. The minimum atomic E-state index is 0.408. The lowest BCUT2D eigenvalue weighted by atomic mass is 9.99. The summed E-state index contributed by atoms with van der Waals surface area (Å²) in [4.78, 5) is 0. The SMILES string of the molecule is CCNCC(NC)c1ccc(C)cc1C. The molecule has 0 heterocycles. The number of likely N-dealkylation sites (N-methyl/N-ethyl adjacent to an activating group) is 2. The lowest BCUT2D eigenvalue weighted by Crippen LogP contribution is -2.29. The molecule has 0 aliphatic heterocycles. The lowest BCUT2D eigenvalue weighted by molar-refractivity contribution is 0.536. The molecule has 0 spiro atoms. The quantitative estimate of drug-likeness (QED) is 0.771.